The van der Waals surface area contributed by atoms with Crippen molar-refractivity contribution in [3.63, 3.8) is 0 Å². The number of benzene rings is 2. The van der Waals surface area contributed by atoms with Crippen LogP contribution in [0, 0.1) is 12.8 Å². The normalized spacial score (nSPS) is 19.5. The third kappa shape index (κ3) is 7.94. The van der Waals surface area contributed by atoms with Gasteiger partial charge in [0.1, 0.15) is 23.3 Å². The first-order chi connectivity index (χ1) is 30.2. The van der Waals surface area contributed by atoms with Gasteiger partial charge in [0.05, 0.1) is 36.6 Å². The first-order valence-electron chi connectivity index (χ1n) is 21.8. The molecular weight excluding hydrogens is 791 g/mol. The summed E-state index contributed by atoms with van der Waals surface area (Å²) in [6.45, 7) is 8.81. The molecule has 5 aromatic rings. The van der Waals surface area contributed by atoms with Gasteiger partial charge in [0.15, 0.2) is 11.6 Å². The number of carbonyl (C=O) groups is 3. The maximum absolute atomic E-state index is 13.8. The fourth-order valence-corrected chi connectivity index (χ4v) is 9.49. The molecular formula is C44H53N13O5. The van der Waals surface area contributed by atoms with Gasteiger partial charge in [-0.15, -0.1) is 10.2 Å². The molecule has 0 radical (unpaired) electrons. The SMILES string of the molecule is CC[C@@H]1c2nnc(C)n2-c2cnc(Nc3ccc(C(=O)N4CCN(CCNc5cccc6cnn(C7CCC(=O)NC7=O)c(=O)c56)CC4)cc3OC)nc2N1CC1CCCCC1. The van der Waals surface area contributed by atoms with Gasteiger partial charge in [0.25, 0.3) is 17.4 Å². The van der Waals surface area contributed by atoms with Crippen LogP contribution in [0.3, 0.4) is 0 Å². The Hall–Kier alpha value is -6.43. The van der Waals surface area contributed by atoms with Crippen LogP contribution >= 0.6 is 0 Å². The summed E-state index contributed by atoms with van der Waals surface area (Å²) in [6, 6.07) is 10.1. The van der Waals surface area contributed by atoms with E-state index in [1.807, 2.05) is 48.4 Å². The molecule has 324 valence electrons. The number of fused-ring (bicyclic) bond motifs is 4. The van der Waals surface area contributed by atoms with E-state index in [4.69, 9.17) is 14.7 Å². The van der Waals surface area contributed by atoms with Gasteiger partial charge in [-0.3, -0.25) is 34.0 Å². The van der Waals surface area contributed by atoms with Gasteiger partial charge in [-0.1, -0.05) is 38.3 Å². The van der Waals surface area contributed by atoms with Gasteiger partial charge in [0.2, 0.25) is 11.9 Å². The van der Waals surface area contributed by atoms with Gasteiger partial charge in [-0.25, -0.2) is 9.67 Å². The van der Waals surface area contributed by atoms with Crippen LogP contribution in [-0.4, -0.2) is 115 Å². The molecule has 6 heterocycles. The molecule has 2 atom stereocenters. The Balaban J connectivity index is 0.834. The maximum atomic E-state index is 13.8. The van der Waals surface area contributed by atoms with Crippen LogP contribution in [0.15, 0.2) is 53.6 Å². The minimum Gasteiger partial charge on any atom is -0.495 e. The molecule has 2 saturated heterocycles. The first-order valence-corrected chi connectivity index (χ1v) is 21.8. The molecule has 3 N–H and O–H groups in total. The Bertz CT molecular complexity index is 2560. The highest BCUT2D eigenvalue weighted by molar-refractivity contribution is 6.00. The minimum absolute atomic E-state index is 0.0518. The van der Waals surface area contributed by atoms with E-state index in [-0.39, 0.29) is 36.3 Å². The van der Waals surface area contributed by atoms with Crippen molar-refractivity contribution >= 4 is 51.6 Å². The van der Waals surface area contributed by atoms with Crippen LogP contribution in [0.4, 0.5) is 23.1 Å². The fraction of sp³-hybridized carbons (Fsp3) is 0.477. The van der Waals surface area contributed by atoms with E-state index in [0.29, 0.717) is 84.6 Å². The van der Waals surface area contributed by atoms with Crippen molar-refractivity contribution in [2.75, 3.05) is 68.5 Å². The lowest BCUT2D eigenvalue weighted by Crippen LogP contribution is -2.49. The highest BCUT2D eigenvalue weighted by atomic mass is 16.5. The number of aromatic nitrogens is 7. The largest absolute Gasteiger partial charge is 0.495 e. The van der Waals surface area contributed by atoms with Crippen LogP contribution in [0.5, 0.6) is 5.75 Å². The molecule has 18 nitrogen and oxygen atoms in total. The molecule has 3 fully saturated rings. The van der Waals surface area contributed by atoms with Crippen molar-refractivity contribution < 1.29 is 19.1 Å². The van der Waals surface area contributed by atoms with Crippen molar-refractivity contribution in [3.05, 3.63) is 76.4 Å². The lowest BCUT2D eigenvalue weighted by atomic mass is 9.88. The lowest BCUT2D eigenvalue weighted by Gasteiger charge is -2.39. The summed E-state index contributed by atoms with van der Waals surface area (Å²) < 4.78 is 9.07. The van der Waals surface area contributed by atoms with Gasteiger partial charge in [-0.05, 0) is 62.8 Å². The first kappa shape index (κ1) is 40.9. The molecule has 0 spiro atoms. The van der Waals surface area contributed by atoms with Crippen LogP contribution in [0.25, 0.3) is 16.5 Å². The van der Waals surface area contributed by atoms with Crippen molar-refractivity contribution in [1.29, 1.82) is 0 Å². The number of amides is 3. The topological polar surface area (TPSA) is 198 Å². The molecule has 2 aromatic carbocycles. The summed E-state index contributed by atoms with van der Waals surface area (Å²) in [6.07, 6.45) is 10.9. The molecule has 3 aliphatic heterocycles. The molecule has 62 heavy (non-hydrogen) atoms. The quantitative estimate of drug-likeness (QED) is 0.148. The van der Waals surface area contributed by atoms with Crippen molar-refractivity contribution in [2.45, 2.75) is 77.3 Å². The van der Waals surface area contributed by atoms with E-state index in [0.717, 1.165) is 36.1 Å². The number of imide groups is 1. The summed E-state index contributed by atoms with van der Waals surface area (Å²) in [7, 11) is 1.59. The predicted molar refractivity (Wildman–Crippen MR) is 233 cm³/mol. The number of methoxy groups -OCH3 is 1. The number of nitrogens with zero attached hydrogens (tertiary/aromatic N) is 10. The van der Waals surface area contributed by atoms with Crippen molar-refractivity contribution in [1.82, 2.24) is 49.6 Å². The number of rotatable bonds is 12. The molecule has 0 bridgehead atoms. The Morgan fingerprint density at radius 3 is 2.56 bits per heavy atom. The van der Waals surface area contributed by atoms with Crippen LogP contribution in [0.1, 0.15) is 92.4 Å². The molecule has 9 rings (SSSR count). The van der Waals surface area contributed by atoms with Crippen molar-refractivity contribution in [2.24, 2.45) is 5.92 Å². The number of piperidine rings is 1. The average molecular weight is 844 g/mol. The second kappa shape index (κ2) is 17.5. The highest BCUT2D eigenvalue weighted by Crippen LogP contribution is 2.41. The summed E-state index contributed by atoms with van der Waals surface area (Å²) in [5.74, 6) is 3.19. The lowest BCUT2D eigenvalue weighted by molar-refractivity contribution is -0.136. The summed E-state index contributed by atoms with van der Waals surface area (Å²) >= 11 is 0. The van der Waals surface area contributed by atoms with E-state index >= 15 is 0 Å². The number of hydrogen-bond donors (Lipinski definition) is 3. The highest BCUT2D eigenvalue weighted by Gasteiger charge is 2.36. The van der Waals surface area contributed by atoms with E-state index in [1.165, 1.54) is 36.8 Å². The van der Waals surface area contributed by atoms with Gasteiger partial charge >= 0.3 is 0 Å². The Morgan fingerprint density at radius 2 is 1.79 bits per heavy atom. The zero-order chi connectivity index (χ0) is 42.9. The molecule has 3 amide bonds. The number of ether oxygens (including phenoxy) is 1. The number of hydrogen-bond acceptors (Lipinski definition) is 14. The van der Waals surface area contributed by atoms with Gasteiger partial charge in [-0.2, -0.15) is 10.1 Å². The third-order valence-corrected chi connectivity index (χ3v) is 12.8. The van der Waals surface area contributed by atoms with Gasteiger partial charge < -0.3 is 25.2 Å². The van der Waals surface area contributed by atoms with E-state index in [1.54, 1.807) is 19.4 Å². The second-order valence-corrected chi connectivity index (χ2v) is 16.7. The molecule has 3 aromatic heterocycles. The third-order valence-electron chi connectivity index (χ3n) is 12.8. The van der Waals surface area contributed by atoms with Crippen molar-refractivity contribution in [3.8, 4) is 11.4 Å². The second-order valence-electron chi connectivity index (χ2n) is 16.7. The summed E-state index contributed by atoms with van der Waals surface area (Å²) in [4.78, 5) is 68.0. The van der Waals surface area contributed by atoms with Crippen LogP contribution in [0.2, 0.25) is 0 Å². The minimum atomic E-state index is -0.839. The summed E-state index contributed by atoms with van der Waals surface area (Å²) in [5, 5.41) is 23.5. The van der Waals surface area contributed by atoms with Gasteiger partial charge in [0, 0.05) is 68.9 Å². The van der Waals surface area contributed by atoms with Crippen LogP contribution < -0.4 is 31.1 Å². The molecule has 1 saturated carbocycles. The standard InChI is InChI=1S/C44H53N13O5/c1-4-33-40-52-51-27(2)56(40)35-25-46-44(50-39(35)55(33)26-28-9-6-5-7-10-28)48-31-14-13-29(23-36(31)62-3)42(60)54-21-19-53(20-22-54)18-17-45-32-12-8-11-30-24-47-57(43(61)38(30)32)34-15-16-37(58)49-41(34)59/h8,11-14,23-25,28,33-34,45H,4-7,9-10,15-22,26H2,1-3H3,(H,46,48,50)(H,49,58,59)/t33-,34?/m1/s1. The number of carbonyl (C=O) groups excluding carboxylic acids is 3. The zero-order valence-corrected chi connectivity index (χ0v) is 35.5. The molecule has 1 unspecified atom stereocenters. The number of nitrogens with one attached hydrogen (secondary N) is 3. The molecule has 1 aliphatic carbocycles. The smallest absolute Gasteiger partial charge is 0.277 e. The Kier molecular flexibility index (Phi) is 11.6. The van der Waals surface area contributed by atoms with E-state index in [2.05, 4.69) is 52.5 Å². The number of aryl methyl sites for hydroxylation is 1. The van der Waals surface area contributed by atoms with E-state index in [9.17, 15) is 19.2 Å². The average Bonchev–Trinajstić information content (AvgIpc) is 3.68. The summed E-state index contributed by atoms with van der Waals surface area (Å²) in [5.41, 5.74) is 2.32. The predicted octanol–water partition coefficient (Wildman–Crippen LogP) is 4.53. The fourth-order valence-electron chi connectivity index (χ4n) is 9.49. The zero-order valence-electron chi connectivity index (χ0n) is 35.5. The monoisotopic (exact) mass is 843 g/mol. The number of anilines is 4. The van der Waals surface area contributed by atoms with E-state index < -0.39 is 11.9 Å². The molecule has 4 aliphatic rings. The Labute approximate surface area is 359 Å². The molecule has 18 heteroatoms. The Morgan fingerprint density at radius 1 is 0.968 bits per heavy atom. The maximum Gasteiger partial charge on any atom is 0.277 e. The van der Waals surface area contributed by atoms with Crippen LogP contribution in [-0.2, 0) is 9.59 Å². The number of piperazine rings is 1.